The molecule has 0 atom stereocenters. The van der Waals surface area contributed by atoms with Gasteiger partial charge in [0, 0.05) is 34.7 Å². The normalized spacial score (nSPS) is 12.1. The van der Waals surface area contributed by atoms with Crippen LogP contribution in [0.4, 0.5) is 5.69 Å². The Morgan fingerprint density at radius 2 is 1.79 bits per heavy atom. The van der Waals surface area contributed by atoms with Crippen molar-refractivity contribution in [1.29, 1.82) is 0 Å². The number of halogens is 1. The largest absolute Gasteiger partial charge is 0.506 e. The maximum absolute atomic E-state index is 14.5. The standard InChI is InChI=1S/C35H39ClN6O8S2/c1-48-25-11-10-22(29(16-25)49-2)18-42(28-9-7-6-8-27(28)36)31(43)20-41-19-26(23-14-24(17-40-45)33(44)30(15-23)52(37,46)47)32-34(41)38-21-39-35(32)50-12-13-51(3,4)5/h6-11,14-16,19,21,44H,12-13,17-18,20H2,1-5H3,(H2,37,46,47). The van der Waals surface area contributed by atoms with E-state index in [9.17, 15) is 23.2 Å². The molecule has 2 aromatic heterocycles. The number of carbonyl (C=O) groups excluding carboxylic acids is 1. The number of nitroso groups, excluding NO2 is 1. The summed E-state index contributed by atoms with van der Waals surface area (Å²) >= 11 is 6.64. The first-order valence-electron chi connectivity index (χ1n) is 15.7. The van der Waals surface area contributed by atoms with E-state index in [0.717, 1.165) is 5.75 Å². The van der Waals surface area contributed by atoms with Crippen molar-refractivity contribution in [3.63, 3.8) is 0 Å². The van der Waals surface area contributed by atoms with Gasteiger partial charge >= 0.3 is 0 Å². The number of hydrogen-bond acceptors (Lipinski definition) is 11. The summed E-state index contributed by atoms with van der Waals surface area (Å²) < 4.78 is 43.9. The minimum atomic E-state index is -4.45. The fourth-order valence-corrected chi connectivity index (χ4v) is 7.04. The summed E-state index contributed by atoms with van der Waals surface area (Å²) in [5.74, 6) is 0.974. The molecule has 1 amide bonds. The summed E-state index contributed by atoms with van der Waals surface area (Å²) in [6.45, 7) is -0.379. The molecule has 0 aliphatic carbocycles. The van der Waals surface area contributed by atoms with E-state index in [0.29, 0.717) is 51.0 Å². The Hall–Kier alpha value is -4.90. The monoisotopic (exact) mass is 770 g/mol. The Morgan fingerprint density at radius 1 is 1.04 bits per heavy atom. The van der Waals surface area contributed by atoms with E-state index in [-0.39, 0.29) is 36.0 Å². The molecule has 276 valence electrons. The second-order valence-corrected chi connectivity index (χ2v) is 19.1. The molecular weight excluding hydrogens is 732 g/mol. The number of primary sulfonamides is 1. The SMILES string of the molecule is COc1ccc(CN(C(=O)Cn2cc(-c3cc(CN=O)c(O)c(S(N)(=O)=O)c3)c3c(OCCS(C)(C)C)ncnc32)c2ccccc2Cl)c(OC)c1. The lowest BCUT2D eigenvalue weighted by molar-refractivity contribution is -0.119. The average Bonchev–Trinajstić information content (AvgIpc) is 3.46. The summed E-state index contributed by atoms with van der Waals surface area (Å²) in [5, 5.41) is 19.7. The van der Waals surface area contributed by atoms with Gasteiger partial charge in [0.2, 0.25) is 21.8 Å². The van der Waals surface area contributed by atoms with Crippen LogP contribution < -0.4 is 24.2 Å². The number of nitrogens with zero attached hydrogens (tertiary/aromatic N) is 5. The molecule has 3 aromatic carbocycles. The van der Waals surface area contributed by atoms with Crippen molar-refractivity contribution in [3.05, 3.63) is 88.2 Å². The number of methoxy groups -OCH3 is 2. The smallest absolute Gasteiger partial charge is 0.247 e. The first-order valence-corrected chi connectivity index (χ1v) is 20.7. The van der Waals surface area contributed by atoms with Crippen LogP contribution in [0.5, 0.6) is 23.1 Å². The molecule has 14 nitrogen and oxygen atoms in total. The lowest BCUT2D eigenvalue weighted by Crippen LogP contribution is -2.33. The second-order valence-electron chi connectivity index (χ2n) is 12.6. The van der Waals surface area contributed by atoms with Crippen LogP contribution in [-0.2, 0) is 34.5 Å². The predicted octanol–water partition coefficient (Wildman–Crippen LogP) is 5.69. The number of hydrogen-bond donors (Lipinski definition) is 2. The van der Waals surface area contributed by atoms with Crippen molar-refractivity contribution in [1.82, 2.24) is 14.5 Å². The van der Waals surface area contributed by atoms with Gasteiger partial charge in [-0.05, 0) is 60.7 Å². The third-order valence-corrected chi connectivity index (χ3v) is 10.8. The molecule has 0 spiro atoms. The van der Waals surface area contributed by atoms with Crippen LogP contribution in [0.2, 0.25) is 5.02 Å². The molecule has 5 rings (SSSR count). The molecule has 0 saturated heterocycles. The van der Waals surface area contributed by atoms with Crippen molar-refractivity contribution in [2.75, 3.05) is 50.2 Å². The molecule has 0 aliphatic heterocycles. The number of nitrogens with two attached hydrogens (primary N) is 1. The first-order chi connectivity index (χ1) is 24.6. The van der Waals surface area contributed by atoms with Crippen molar-refractivity contribution in [2.45, 2.75) is 24.5 Å². The third kappa shape index (κ3) is 8.58. The van der Waals surface area contributed by atoms with E-state index in [2.05, 4.69) is 33.9 Å². The number of rotatable bonds is 15. The number of ether oxygens (including phenoxy) is 3. The number of benzene rings is 3. The van der Waals surface area contributed by atoms with Crippen molar-refractivity contribution in [3.8, 4) is 34.3 Å². The molecule has 0 aliphatic rings. The summed E-state index contributed by atoms with van der Waals surface area (Å²) in [6.07, 6.45) is 9.38. The van der Waals surface area contributed by atoms with Gasteiger partial charge in [-0.2, -0.15) is 4.91 Å². The molecule has 0 radical (unpaired) electrons. The number of anilines is 1. The minimum Gasteiger partial charge on any atom is -0.506 e. The predicted molar refractivity (Wildman–Crippen MR) is 203 cm³/mol. The summed E-state index contributed by atoms with van der Waals surface area (Å²) in [6, 6.07) is 14.8. The Morgan fingerprint density at radius 3 is 2.44 bits per heavy atom. The maximum atomic E-state index is 14.5. The molecule has 3 N–H and O–H groups in total. The number of para-hydroxylation sites is 1. The average molecular weight is 771 g/mol. The van der Waals surface area contributed by atoms with E-state index in [1.807, 2.05) is 0 Å². The molecule has 2 heterocycles. The zero-order valence-electron chi connectivity index (χ0n) is 29.2. The molecule has 0 unspecified atom stereocenters. The topological polar surface area (TPSA) is 189 Å². The van der Waals surface area contributed by atoms with E-state index in [1.54, 1.807) is 60.3 Å². The zero-order chi connectivity index (χ0) is 37.8. The molecule has 0 saturated carbocycles. The Kier molecular flexibility index (Phi) is 11.6. The quantitative estimate of drug-likeness (QED) is 0.125. The first kappa shape index (κ1) is 38.3. The van der Waals surface area contributed by atoms with E-state index < -0.39 is 37.2 Å². The van der Waals surface area contributed by atoms with Gasteiger partial charge in [-0.3, -0.25) is 4.79 Å². The van der Waals surface area contributed by atoms with Crippen LogP contribution in [-0.4, -0.2) is 79.3 Å². The Balaban J connectivity index is 1.67. The number of phenols is 1. The van der Waals surface area contributed by atoms with Gasteiger partial charge in [0.1, 0.15) is 47.2 Å². The summed E-state index contributed by atoms with van der Waals surface area (Å²) in [5.41, 5.74) is 1.97. The van der Waals surface area contributed by atoms with Gasteiger partial charge in [-0.1, -0.05) is 28.9 Å². The van der Waals surface area contributed by atoms with Gasteiger partial charge < -0.3 is 28.8 Å². The zero-order valence-corrected chi connectivity index (χ0v) is 31.6. The van der Waals surface area contributed by atoms with Crippen molar-refractivity contribution >= 4 is 54.3 Å². The van der Waals surface area contributed by atoms with Crippen LogP contribution in [0, 0.1) is 4.91 Å². The third-order valence-electron chi connectivity index (χ3n) is 8.13. The number of aromatic nitrogens is 3. The van der Waals surface area contributed by atoms with Gasteiger partial charge in [0.05, 0.1) is 43.5 Å². The van der Waals surface area contributed by atoms with Crippen LogP contribution in [0.25, 0.3) is 22.2 Å². The summed E-state index contributed by atoms with van der Waals surface area (Å²) in [4.78, 5) is 35.6. The number of fused-ring (bicyclic) bond motifs is 1. The molecule has 0 fully saturated rings. The molecule has 17 heteroatoms. The molecule has 5 aromatic rings. The summed E-state index contributed by atoms with van der Waals surface area (Å²) in [7, 11) is -2.31. The van der Waals surface area contributed by atoms with Crippen LogP contribution in [0.15, 0.2) is 77.2 Å². The number of aromatic hydroxyl groups is 1. The van der Waals surface area contributed by atoms with Gasteiger partial charge in [-0.25, -0.2) is 33.6 Å². The molecule has 0 bridgehead atoms. The Labute approximate surface area is 307 Å². The highest BCUT2D eigenvalue weighted by atomic mass is 35.5. The lowest BCUT2D eigenvalue weighted by atomic mass is 10.0. The van der Waals surface area contributed by atoms with E-state index >= 15 is 0 Å². The fourth-order valence-electron chi connectivity index (χ4n) is 5.52. The highest BCUT2D eigenvalue weighted by Crippen LogP contribution is 2.40. The van der Waals surface area contributed by atoms with Crippen LogP contribution in [0.1, 0.15) is 11.1 Å². The number of amides is 1. The van der Waals surface area contributed by atoms with Crippen LogP contribution in [0.3, 0.4) is 0 Å². The highest BCUT2D eigenvalue weighted by Gasteiger charge is 2.26. The lowest BCUT2D eigenvalue weighted by Gasteiger charge is -2.25. The van der Waals surface area contributed by atoms with Gasteiger partial charge in [0.15, 0.2) is 0 Å². The van der Waals surface area contributed by atoms with E-state index in [4.69, 9.17) is 31.0 Å². The van der Waals surface area contributed by atoms with E-state index in [1.165, 1.54) is 30.5 Å². The molecular formula is C35H39ClN6O8S2. The van der Waals surface area contributed by atoms with Crippen molar-refractivity contribution < 1.29 is 32.5 Å². The van der Waals surface area contributed by atoms with Gasteiger partial charge in [-0.15, -0.1) is 0 Å². The maximum Gasteiger partial charge on any atom is 0.247 e. The number of phenolic OH excluding ortho intramolecular Hbond substituents is 1. The fraction of sp³-hybridized carbons (Fsp3) is 0.286. The minimum absolute atomic E-state index is 0.0671. The number of sulfonamides is 1. The highest BCUT2D eigenvalue weighted by molar-refractivity contribution is 8.32. The molecule has 52 heavy (non-hydrogen) atoms. The van der Waals surface area contributed by atoms with Crippen molar-refractivity contribution in [2.24, 2.45) is 10.3 Å². The van der Waals surface area contributed by atoms with Gasteiger partial charge in [0.25, 0.3) is 0 Å². The second kappa shape index (κ2) is 15.8. The number of carbonyl (C=O) groups is 1. The van der Waals surface area contributed by atoms with Crippen LogP contribution >= 0.6 is 21.6 Å². The Bertz CT molecular complexity index is 2240.